The number of nitrogens with one attached hydrogen (secondary N) is 2. The second kappa shape index (κ2) is 6.94. The largest absolute Gasteiger partial charge is 0.492 e. The number of rotatable bonds is 6. The van der Waals surface area contributed by atoms with Gasteiger partial charge < -0.3 is 15.4 Å². The molecule has 1 aromatic rings. The summed E-state index contributed by atoms with van der Waals surface area (Å²) < 4.78 is 5.66. The summed E-state index contributed by atoms with van der Waals surface area (Å²) in [7, 11) is 0. The molecule has 2 N–H and O–H groups in total. The Morgan fingerprint density at radius 1 is 1.48 bits per heavy atom. The summed E-state index contributed by atoms with van der Waals surface area (Å²) in [6.07, 6.45) is 0.912. The summed E-state index contributed by atoms with van der Waals surface area (Å²) in [5.41, 5.74) is 0.913. The van der Waals surface area contributed by atoms with E-state index >= 15 is 0 Å². The molecule has 0 bridgehead atoms. The van der Waals surface area contributed by atoms with Gasteiger partial charge in [-0.25, -0.2) is 0 Å². The molecule has 1 aliphatic heterocycles. The molecule has 1 amide bonds. The van der Waals surface area contributed by atoms with Gasteiger partial charge in [0, 0.05) is 6.54 Å². The van der Waals surface area contributed by atoms with Crippen LogP contribution in [0.2, 0.25) is 0 Å². The normalized spacial score (nSPS) is 21.5. The average Bonchev–Trinajstić information content (AvgIpc) is 2.94. The molecule has 116 valence electrons. The second-order valence-electron chi connectivity index (χ2n) is 6.16. The molecular formula is C17H26N2O2. The minimum atomic E-state index is -0.261. The minimum absolute atomic E-state index is 0.148. The first-order valence-corrected chi connectivity index (χ1v) is 7.73. The van der Waals surface area contributed by atoms with Crippen LogP contribution in [0.3, 0.4) is 0 Å². The lowest BCUT2D eigenvalue weighted by atomic mass is 9.75. The van der Waals surface area contributed by atoms with Crippen molar-refractivity contribution in [3.8, 4) is 5.75 Å². The molecule has 1 atom stereocenters. The molecule has 1 heterocycles. The molecule has 4 nitrogen and oxygen atoms in total. The summed E-state index contributed by atoms with van der Waals surface area (Å²) >= 11 is 0. The number of aryl methyl sites for hydroxylation is 1. The maximum atomic E-state index is 12.5. The van der Waals surface area contributed by atoms with Gasteiger partial charge in [0.15, 0.2) is 0 Å². The molecule has 0 saturated carbocycles. The van der Waals surface area contributed by atoms with Crippen molar-refractivity contribution in [2.45, 2.75) is 27.2 Å². The highest BCUT2D eigenvalue weighted by atomic mass is 16.5. The summed E-state index contributed by atoms with van der Waals surface area (Å²) in [5, 5.41) is 6.33. The first-order chi connectivity index (χ1) is 10.0. The molecule has 0 aliphatic carbocycles. The molecule has 21 heavy (non-hydrogen) atoms. The van der Waals surface area contributed by atoms with E-state index in [4.69, 9.17) is 4.74 Å². The Bertz CT molecular complexity index is 479. The number of hydrogen-bond acceptors (Lipinski definition) is 3. The van der Waals surface area contributed by atoms with Crippen molar-refractivity contribution in [3.63, 3.8) is 0 Å². The van der Waals surface area contributed by atoms with Gasteiger partial charge in [0.1, 0.15) is 12.4 Å². The van der Waals surface area contributed by atoms with Crippen LogP contribution >= 0.6 is 0 Å². The van der Waals surface area contributed by atoms with Crippen LogP contribution in [0.4, 0.5) is 0 Å². The number of carbonyl (C=O) groups is 1. The average molecular weight is 290 g/mol. The molecule has 2 rings (SSSR count). The van der Waals surface area contributed by atoms with Crippen molar-refractivity contribution in [1.29, 1.82) is 0 Å². The highest BCUT2D eigenvalue weighted by Gasteiger charge is 2.43. The molecule has 0 aromatic heterocycles. The van der Waals surface area contributed by atoms with Gasteiger partial charge in [0.05, 0.1) is 12.0 Å². The topological polar surface area (TPSA) is 50.4 Å². The van der Waals surface area contributed by atoms with Crippen LogP contribution in [0.1, 0.15) is 25.8 Å². The molecule has 1 saturated heterocycles. The van der Waals surface area contributed by atoms with Crippen LogP contribution in [-0.2, 0) is 4.79 Å². The first kappa shape index (κ1) is 15.8. The fourth-order valence-corrected chi connectivity index (χ4v) is 2.87. The van der Waals surface area contributed by atoms with Crippen LogP contribution in [0.25, 0.3) is 0 Å². The van der Waals surface area contributed by atoms with Gasteiger partial charge in [-0.15, -0.1) is 0 Å². The maximum absolute atomic E-state index is 12.5. The Morgan fingerprint density at radius 3 is 2.90 bits per heavy atom. The van der Waals surface area contributed by atoms with Crippen molar-refractivity contribution in [2.24, 2.45) is 11.3 Å². The Labute approximate surface area is 127 Å². The Balaban J connectivity index is 1.79. The first-order valence-electron chi connectivity index (χ1n) is 7.73. The third-order valence-corrected chi connectivity index (χ3v) is 4.39. The van der Waals surface area contributed by atoms with E-state index in [-0.39, 0.29) is 11.3 Å². The summed E-state index contributed by atoms with van der Waals surface area (Å²) in [4.78, 5) is 12.5. The zero-order chi connectivity index (χ0) is 15.3. The zero-order valence-corrected chi connectivity index (χ0v) is 13.2. The van der Waals surface area contributed by atoms with Gasteiger partial charge >= 0.3 is 0 Å². The van der Waals surface area contributed by atoms with Gasteiger partial charge in [-0.1, -0.05) is 26.0 Å². The predicted octanol–water partition coefficient (Wildman–Crippen LogP) is 2.13. The quantitative estimate of drug-likeness (QED) is 0.789. The van der Waals surface area contributed by atoms with E-state index in [1.807, 2.05) is 31.2 Å². The Hall–Kier alpha value is -1.55. The molecule has 0 spiro atoms. The smallest absolute Gasteiger partial charge is 0.227 e. The number of carbonyl (C=O) groups excluding carboxylic acids is 1. The molecular weight excluding hydrogens is 264 g/mol. The van der Waals surface area contributed by atoms with Crippen molar-refractivity contribution >= 4 is 5.91 Å². The number of hydrogen-bond donors (Lipinski definition) is 2. The van der Waals surface area contributed by atoms with Crippen LogP contribution in [0.15, 0.2) is 24.3 Å². The van der Waals surface area contributed by atoms with Crippen molar-refractivity contribution in [3.05, 3.63) is 29.8 Å². The zero-order valence-electron chi connectivity index (χ0n) is 13.2. The van der Waals surface area contributed by atoms with Gasteiger partial charge in [0.25, 0.3) is 0 Å². The number of amides is 1. The van der Waals surface area contributed by atoms with E-state index in [1.165, 1.54) is 5.56 Å². The predicted molar refractivity (Wildman–Crippen MR) is 84.4 cm³/mol. The van der Waals surface area contributed by atoms with Crippen LogP contribution in [0.5, 0.6) is 5.75 Å². The fraction of sp³-hybridized carbons (Fsp3) is 0.588. The lowest BCUT2D eigenvalue weighted by molar-refractivity contribution is -0.132. The fourth-order valence-electron chi connectivity index (χ4n) is 2.87. The lowest BCUT2D eigenvalue weighted by Crippen LogP contribution is -2.47. The van der Waals surface area contributed by atoms with Gasteiger partial charge in [-0.05, 0) is 43.5 Å². The summed E-state index contributed by atoms with van der Waals surface area (Å²) in [6, 6.07) is 7.94. The third-order valence-electron chi connectivity index (χ3n) is 4.39. The lowest BCUT2D eigenvalue weighted by Gasteiger charge is -2.31. The van der Waals surface area contributed by atoms with Crippen LogP contribution < -0.4 is 15.4 Å². The van der Waals surface area contributed by atoms with Gasteiger partial charge in [0.2, 0.25) is 5.91 Å². The van der Waals surface area contributed by atoms with E-state index in [1.54, 1.807) is 0 Å². The molecule has 1 aromatic carbocycles. The van der Waals surface area contributed by atoms with E-state index in [9.17, 15) is 4.79 Å². The molecule has 1 fully saturated rings. The highest BCUT2D eigenvalue weighted by molar-refractivity contribution is 5.83. The van der Waals surface area contributed by atoms with E-state index < -0.39 is 0 Å². The van der Waals surface area contributed by atoms with Crippen molar-refractivity contribution < 1.29 is 9.53 Å². The standard InChI is InChI=1S/C17H26N2O2/c1-13(2)17(7-8-18-12-17)16(20)19-9-10-21-15-6-4-5-14(3)11-15/h4-6,11,13,18H,7-10,12H2,1-3H3,(H,19,20). The van der Waals surface area contributed by atoms with E-state index in [0.717, 1.165) is 25.3 Å². The Kier molecular flexibility index (Phi) is 5.23. The van der Waals surface area contributed by atoms with Crippen molar-refractivity contribution in [2.75, 3.05) is 26.2 Å². The number of ether oxygens (including phenoxy) is 1. The number of benzene rings is 1. The molecule has 0 radical (unpaired) electrons. The highest BCUT2D eigenvalue weighted by Crippen LogP contribution is 2.34. The summed E-state index contributed by atoms with van der Waals surface area (Å²) in [6.45, 7) is 9.01. The maximum Gasteiger partial charge on any atom is 0.227 e. The van der Waals surface area contributed by atoms with Crippen LogP contribution in [-0.4, -0.2) is 32.1 Å². The van der Waals surface area contributed by atoms with E-state index in [0.29, 0.717) is 19.1 Å². The van der Waals surface area contributed by atoms with Crippen molar-refractivity contribution in [1.82, 2.24) is 10.6 Å². The molecule has 1 aliphatic rings. The molecule has 4 heteroatoms. The molecule has 1 unspecified atom stereocenters. The summed E-state index contributed by atoms with van der Waals surface area (Å²) in [5.74, 6) is 1.34. The third kappa shape index (κ3) is 3.76. The second-order valence-corrected chi connectivity index (χ2v) is 6.16. The Morgan fingerprint density at radius 2 is 2.29 bits per heavy atom. The van der Waals surface area contributed by atoms with E-state index in [2.05, 4.69) is 24.5 Å². The van der Waals surface area contributed by atoms with Gasteiger partial charge in [-0.2, -0.15) is 0 Å². The monoisotopic (exact) mass is 290 g/mol. The van der Waals surface area contributed by atoms with Gasteiger partial charge in [-0.3, -0.25) is 4.79 Å². The SMILES string of the molecule is Cc1cccc(OCCNC(=O)C2(C(C)C)CCNC2)c1. The minimum Gasteiger partial charge on any atom is -0.492 e. The van der Waals surface area contributed by atoms with Crippen LogP contribution in [0, 0.1) is 18.3 Å².